The molecule has 0 radical (unpaired) electrons. The summed E-state index contributed by atoms with van der Waals surface area (Å²) in [6.45, 7) is 3.98. The largest absolute Gasteiger partial charge is 0.416 e. The Morgan fingerprint density at radius 3 is 2.44 bits per heavy atom. The summed E-state index contributed by atoms with van der Waals surface area (Å²) in [4.78, 5) is 4.42. The van der Waals surface area contributed by atoms with Crippen molar-refractivity contribution in [2.75, 3.05) is 5.75 Å². The van der Waals surface area contributed by atoms with E-state index in [0.29, 0.717) is 10.8 Å². The van der Waals surface area contributed by atoms with E-state index in [1.807, 2.05) is 38.1 Å². The second-order valence-corrected chi connectivity index (χ2v) is 6.84. The molecule has 0 aliphatic rings. The molecule has 0 aliphatic carbocycles. The second kappa shape index (κ2) is 6.96. The van der Waals surface area contributed by atoms with Crippen molar-refractivity contribution in [1.82, 2.24) is 9.55 Å². The van der Waals surface area contributed by atoms with Gasteiger partial charge in [0, 0.05) is 11.3 Å². The van der Waals surface area contributed by atoms with E-state index in [1.165, 1.54) is 23.9 Å². The molecule has 0 saturated heterocycles. The summed E-state index contributed by atoms with van der Waals surface area (Å²) in [5.74, 6) is 0.781. The van der Waals surface area contributed by atoms with Crippen LogP contribution in [0.3, 0.4) is 0 Å². The van der Waals surface area contributed by atoms with Crippen LogP contribution in [0.2, 0.25) is 0 Å². The predicted molar refractivity (Wildman–Crippen MR) is 95.1 cm³/mol. The monoisotopic (exact) mass is 362 g/mol. The van der Waals surface area contributed by atoms with Gasteiger partial charge in [-0.25, -0.2) is 4.98 Å². The Hall–Kier alpha value is -2.21. The van der Waals surface area contributed by atoms with Gasteiger partial charge in [-0.3, -0.25) is 4.57 Å². The van der Waals surface area contributed by atoms with Crippen LogP contribution in [0.15, 0.2) is 59.9 Å². The fourth-order valence-electron chi connectivity index (χ4n) is 2.56. The smallest absolute Gasteiger partial charge is 0.287 e. The number of alkyl halides is 3. The van der Waals surface area contributed by atoms with Gasteiger partial charge < -0.3 is 0 Å². The van der Waals surface area contributed by atoms with Gasteiger partial charge in [-0.15, -0.1) is 0 Å². The first-order chi connectivity index (χ1) is 11.9. The molecule has 1 heterocycles. The van der Waals surface area contributed by atoms with Gasteiger partial charge in [-0.1, -0.05) is 54.6 Å². The Labute approximate surface area is 148 Å². The molecule has 0 atom stereocenters. The van der Waals surface area contributed by atoms with Gasteiger partial charge in [0.2, 0.25) is 0 Å². The number of aryl methyl sites for hydroxylation is 1. The van der Waals surface area contributed by atoms with Crippen LogP contribution >= 0.6 is 11.8 Å². The maximum absolute atomic E-state index is 13.1. The Balaban J connectivity index is 2.17. The van der Waals surface area contributed by atoms with Crippen molar-refractivity contribution in [2.45, 2.75) is 25.2 Å². The number of nitrogens with zero attached hydrogens (tertiary/aromatic N) is 2. The van der Waals surface area contributed by atoms with Gasteiger partial charge in [0.15, 0.2) is 5.16 Å². The van der Waals surface area contributed by atoms with E-state index in [9.17, 15) is 13.2 Å². The SMILES string of the molecule is CCSc1ncc(-c2ccc(C)cc2)n1-c1cccc(C(F)(F)F)c1. The molecule has 0 saturated carbocycles. The molecule has 2 aromatic carbocycles. The fraction of sp³-hybridized carbons (Fsp3) is 0.211. The Morgan fingerprint density at radius 1 is 1.08 bits per heavy atom. The van der Waals surface area contributed by atoms with Crippen LogP contribution in [0.4, 0.5) is 13.2 Å². The molecule has 0 amide bonds. The van der Waals surface area contributed by atoms with Gasteiger partial charge in [0.25, 0.3) is 0 Å². The molecule has 130 valence electrons. The van der Waals surface area contributed by atoms with Crippen LogP contribution < -0.4 is 0 Å². The van der Waals surface area contributed by atoms with Crippen LogP contribution in [0, 0.1) is 6.92 Å². The molecule has 3 rings (SSSR count). The zero-order valence-electron chi connectivity index (χ0n) is 13.8. The lowest BCUT2D eigenvalue weighted by atomic mass is 10.1. The number of halogens is 3. The lowest BCUT2D eigenvalue weighted by Crippen LogP contribution is -2.07. The van der Waals surface area contributed by atoms with E-state index in [1.54, 1.807) is 16.8 Å². The maximum Gasteiger partial charge on any atom is 0.416 e. The van der Waals surface area contributed by atoms with Crippen LogP contribution in [-0.4, -0.2) is 15.3 Å². The molecule has 1 aromatic heterocycles. The number of aromatic nitrogens is 2. The normalized spacial score (nSPS) is 11.7. The molecule has 2 nitrogen and oxygen atoms in total. The standard InChI is InChI=1S/C19H17F3N2S/c1-3-25-18-23-12-17(14-9-7-13(2)8-10-14)24(18)16-6-4-5-15(11-16)19(20,21)22/h4-12H,3H2,1-2H3. The van der Waals surface area contributed by atoms with E-state index in [0.717, 1.165) is 28.6 Å². The quantitative estimate of drug-likeness (QED) is 0.532. The molecule has 0 unspecified atom stereocenters. The maximum atomic E-state index is 13.1. The number of rotatable bonds is 4. The van der Waals surface area contributed by atoms with E-state index in [2.05, 4.69) is 4.98 Å². The van der Waals surface area contributed by atoms with E-state index in [4.69, 9.17) is 0 Å². The van der Waals surface area contributed by atoms with Crippen LogP contribution in [-0.2, 0) is 6.18 Å². The highest BCUT2D eigenvalue weighted by atomic mass is 32.2. The van der Waals surface area contributed by atoms with Crippen molar-refractivity contribution in [1.29, 1.82) is 0 Å². The topological polar surface area (TPSA) is 17.8 Å². The van der Waals surface area contributed by atoms with Gasteiger partial charge in [-0.05, 0) is 30.9 Å². The predicted octanol–water partition coefficient (Wildman–Crippen LogP) is 5.98. The van der Waals surface area contributed by atoms with Crippen LogP contribution in [0.5, 0.6) is 0 Å². The first-order valence-electron chi connectivity index (χ1n) is 7.85. The summed E-state index contributed by atoms with van der Waals surface area (Å²) < 4.78 is 41.1. The van der Waals surface area contributed by atoms with Crippen molar-refractivity contribution in [3.63, 3.8) is 0 Å². The average Bonchev–Trinajstić information content (AvgIpc) is 2.99. The summed E-state index contributed by atoms with van der Waals surface area (Å²) in [5, 5.41) is 0.678. The second-order valence-electron chi connectivity index (χ2n) is 5.61. The zero-order chi connectivity index (χ0) is 18.0. The minimum Gasteiger partial charge on any atom is -0.287 e. The number of thioether (sulfide) groups is 1. The highest BCUT2D eigenvalue weighted by Gasteiger charge is 2.30. The van der Waals surface area contributed by atoms with Crippen molar-refractivity contribution in [2.24, 2.45) is 0 Å². The molecule has 0 fully saturated rings. The molecule has 6 heteroatoms. The zero-order valence-corrected chi connectivity index (χ0v) is 14.7. The molecule has 25 heavy (non-hydrogen) atoms. The third kappa shape index (κ3) is 3.74. The average molecular weight is 362 g/mol. The van der Waals surface area contributed by atoms with Crippen molar-refractivity contribution >= 4 is 11.8 Å². The molecule has 0 bridgehead atoms. The molecule has 0 aliphatic heterocycles. The van der Waals surface area contributed by atoms with Crippen molar-refractivity contribution in [3.8, 4) is 16.9 Å². The Kier molecular flexibility index (Phi) is 4.90. The van der Waals surface area contributed by atoms with Gasteiger partial charge >= 0.3 is 6.18 Å². The number of imidazole rings is 1. The minimum absolute atomic E-state index is 0.457. The first kappa shape index (κ1) is 17.6. The van der Waals surface area contributed by atoms with Crippen molar-refractivity contribution < 1.29 is 13.2 Å². The molecular weight excluding hydrogens is 345 g/mol. The summed E-state index contributed by atoms with van der Waals surface area (Å²) in [5.41, 5.74) is 2.60. The highest BCUT2D eigenvalue weighted by Crippen LogP contribution is 2.34. The van der Waals surface area contributed by atoms with Gasteiger partial charge in [0.05, 0.1) is 17.5 Å². The van der Waals surface area contributed by atoms with Gasteiger partial charge in [-0.2, -0.15) is 13.2 Å². The summed E-state index contributed by atoms with van der Waals surface area (Å²) in [6.07, 6.45) is -2.67. The number of hydrogen-bond donors (Lipinski definition) is 0. The van der Waals surface area contributed by atoms with Gasteiger partial charge in [0.1, 0.15) is 0 Å². The van der Waals surface area contributed by atoms with E-state index in [-0.39, 0.29) is 0 Å². The molecule has 3 aromatic rings. The Morgan fingerprint density at radius 2 is 1.80 bits per heavy atom. The number of hydrogen-bond acceptors (Lipinski definition) is 2. The van der Waals surface area contributed by atoms with Crippen molar-refractivity contribution in [3.05, 3.63) is 65.9 Å². The third-order valence-corrected chi connectivity index (χ3v) is 4.62. The van der Waals surface area contributed by atoms with Crippen LogP contribution in [0.25, 0.3) is 16.9 Å². The summed E-state index contributed by atoms with van der Waals surface area (Å²) >= 11 is 1.50. The third-order valence-electron chi connectivity index (χ3n) is 3.78. The molecule has 0 N–H and O–H groups in total. The van der Waals surface area contributed by atoms with E-state index >= 15 is 0 Å². The summed E-state index contributed by atoms with van der Waals surface area (Å²) in [7, 11) is 0. The lowest BCUT2D eigenvalue weighted by Gasteiger charge is -2.14. The van der Waals surface area contributed by atoms with E-state index < -0.39 is 11.7 Å². The lowest BCUT2D eigenvalue weighted by molar-refractivity contribution is -0.137. The van der Waals surface area contributed by atoms with Crippen LogP contribution in [0.1, 0.15) is 18.1 Å². The summed E-state index contributed by atoms with van der Waals surface area (Å²) in [6, 6.07) is 13.2. The minimum atomic E-state index is -4.38. The Bertz CT molecular complexity index is 867. The molecule has 0 spiro atoms. The fourth-order valence-corrected chi connectivity index (χ4v) is 3.28. The first-order valence-corrected chi connectivity index (χ1v) is 8.84. The molecular formula is C19H17F3N2S. The number of benzene rings is 2. The highest BCUT2D eigenvalue weighted by molar-refractivity contribution is 7.99.